The van der Waals surface area contributed by atoms with Crippen molar-refractivity contribution in [2.45, 2.75) is 25.2 Å². The Morgan fingerprint density at radius 2 is 1.88 bits per heavy atom. The maximum Gasteiger partial charge on any atom is 0.237 e. The van der Waals surface area contributed by atoms with Crippen LogP contribution in [0, 0.1) is 6.92 Å². The first kappa shape index (κ1) is 24.3. The van der Waals surface area contributed by atoms with Crippen molar-refractivity contribution >= 4 is 56.6 Å². The molecule has 0 aliphatic carbocycles. The number of carbonyl (C=O) groups is 1. The Labute approximate surface area is 216 Å². The predicted molar refractivity (Wildman–Crippen MR) is 142 cm³/mol. The van der Waals surface area contributed by atoms with Gasteiger partial charge in [0.25, 0.3) is 0 Å². The van der Waals surface area contributed by atoms with Gasteiger partial charge in [0.2, 0.25) is 11.1 Å². The van der Waals surface area contributed by atoms with Gasteiger partial charge in [0.1, 0.15) is 5.82 Å². The minimum atomic E-state index is -0.0356. The Bertz CT molecular complexity index is 1250. The van der Waals surface area contributed by atoms with Gasteiger partial charge in [-0.25, -0.2) is 4.98 Å². The zero-order chi connectivity index (χ0) is 23.9. The van der Waals surface area contributed by atoms with Gasteiger partial charge in [-0.2, -0.15) is 0 Å². The molecule has 9 heteroatoms. The molecule has 0 saturated carbocycles. The SMILES string of the molecule is Cc1cccc(NCc2nc(SCC(=O)N(Cc3ccc(Cl)cc3)c3ccc(Br)cc3)n[nH]2)c1. The molecule has 1 heterocycles. The van der Waals surface area contributed by atoms with Crippen LogP contribution in [0.5, 0.6) is 0 Å². The van der Waals surface area contributed by atoms with E-state index in [1.54, 1.807) is 4.90 Å². The summed E-state index contributed by atoms with van der Waals surface area (Å²) in [4.78, 5) is 19.5. The summed E-state index contributed by atoms with van der Waals surface area (Å²) in [5, 5.41) is 11.7. The minimum Gasteiger partial charge on any atom is -0.378 e. The van der Waals surface area contributed by atoms with Crippen LogP contribution in [-0.2, 0) is 17.9 Å². The van der Waals surface area contributed by atoms with Crippen molar-refractivity contribution in [3.05, 3.63) is 99.2 Å². The number of aromatic amines is 1. The minimum absolute atomic E-state index is 0.0356. The van der Waals surface area contributed by atoms with E-state index >= 15 is 0 Å². The van der Waals surface area contributed by atoms with E-state index in [0.717, 1.165) is 21.4 Å². The molecular weight excluding hydrogens is 534 g/mol. The van der Waals surface area contributed by atoms with Crippen molar-refractivity contribution in [1.29, 1.82) is 0 Å². The Balaban J connectivity index is 1.39. The summed E-state index contributed by atoms with van der Waals surface area (Å²) >= 11 is 10.8. The van der Waals surface area contributed by atoms with Gasteiger partial charge >= 0.3 is 0 Å². The smallest absolute Gasteiger partial charge is 0.237 e. The maximum atomic E-state index is 13.2. The summed E-state index contributed by atoms with van der Waals surface area (Å²) in [5.41, 5.74) is 4.02. The predicted octanol–water partition coefficient (Wildman–Crippen LogP) is 6.47. The van der Waals surface area contributed by atoms with Gasteiger partial charge in [0.05, 0.1) is 18.8 Å². The summed E-state index contributed by atoms with van der Waals surface area (Å²) in [5.74, 6) is 0.889. The molecular formula is C25H23BrClN5OS. The average molecular weight is 557 g/mol. The van der Waals surface area contributed by atoms with Crippen LogP contribution in [0.1, 0.15) is 17.0 Å². The van der Waals surface area contributed by atoms with Crippen molar-refractivity contribution in [3.63, 3.8) is 0 Å². The topological polar surface area (TPSA) is 73.9 Å². The molecule has 34 heavy (non-hydrogen) atoms. The molecule has 0 bridgehead atoms. The first-order valence-electron chi connectivity index (χ1n) is 10.6. The number of thioether (sulfide) groups is 1. The van der Waals surface area contributed by atoms with Gasteiger partial charge in [-0.1, -0.05) is 63.6 Å². The van der Waals surface area contributed by atoms with E-state index in [1.807, 2.05) is 60.7 Å². The molecule has 4 rings (SSSR count). The first-order valence-corrected chi connectivity index (χ1v) is 12.8. The summed E-state index contributed by atoms with van der Waals surface area (Å²) in [6.45, 7) is 3.01. The Hall–Kier alpha value is -2.81. The first-order chi connectivity index (χ1) is 16.5. The highest BCUT2D eigenvalue weighted by molar-refractivity contribution is 9.10. The highest BCUT2D eigenvalue weighted by atomic mass is 79.9. The van der Waals surface area contributed by atoms with Crippen molar-refractivity contribution < 1.29 is 4.79 Å². The molecule has 0 unspecified atom stereocenters. The number of hydrogen-bond acceptors (Lipinski definition) is 5. The lowest BCUT2D eigenvalue weighted by atomic mass is 10.2. The molecule has 174 valence electrons. The third kappa shape index (κ3) is 6.85. The van der Waals surface area contributed by atoms with Crippen LogP contribution in [0.2, 0.25) is 5.02 Å². The molecule has 0 spiro atoms. The summed E-state index contributed by atoms with van der Waals surface area (Å²) in [6, 6.07) is 23.3. The number of anilines is 2. The normalized spacial score (nSPS) is 10.8. The lowest BCUT2D eigenvalue weighted by molar-refractivity contribution is -0.116. The van der Waals surface area contributed by atoms with Crippen molar-refractivity contribution in [1.82, 2.24) is 15.2 Å². The maximum absolute atomic E-state index is 13.2. The van der Waals surface area contributed by atoms with Gasteiger partial charge in [-0.15, -0.1) is 5.10 Å². The lowest BCUT2D eigenvalue weighted by Gasteiger charge is -2.23. The molecule has 2 N–H and O–H groups in total. The van der Waals surface area contributed by atoms with Crippen molar-refractivity contribution in [2.75, 3.05) is 16.0 Å². The van der Waals surface area contributed by atoms with Gasteiger partial charge in [0, 0.05) is 20.9 Å². The van der Waals surface area contributed by atoms with E-state index < -0.39 is 0 Å². The van der Waals surface area contributed by atoms with E-state index in [0.29, 0.717) is 29.1 Å². The van der Waals surface area contributed by atoms with Crippen molar-refractivity contribution in [3.8, 4) is 0 Å². The molecule has 0 atom stereocenters. The van der Waals surface area contributed by atoms with E-state index in [-0.39, 0.29) is 11.7 Å². The molecule has 0 radical (unpaired) electrons. The summed E-state index contributed by atoms with van der Waals surface area (Å²) in [7, 11) is 0. The number of halogens is 2. The monoisotopic (exact) mass is 555 g/mol. The molecule has 6 nitrogen and oxygen atoms in total. The second-order valence-electron chi connectivity index (χ2n) is 7.66. The van der Waals surface area contributed by atoms with E-state index in [4.69, 9.17) is 11.6 Å². The number of benzene rings is 3. The van der Waals surface area contributed by atoms with Crippen LogP contribution >= 0.6 is 39.3 Å². The lowest BCUT2D eigenvalue weighted by Crippen LogP contribution is -2.31. The van der Waals surface area contributed by atoms with E-state index in [2.05, 4.69) is 55.5 Å². The number of H-pyrrole nitrogens is 1. The Morgan fingerprint density at radius 1 is 1.12 bits per heavy atom. The number of rotatable bonds is 9. The zero-order valence-corrected chi connectivity index (χ0v) is 21.6. The van der Waals surface area contributed by atoms with Gasteiger partial charge in [-0.3, -0.25) is 9.89 Å². The molecule has 0 saturated heterocycles. The van der Waals surface area contributed by atoms with Crippen LogP contribution in [-0.4, -0.2) is 26.8 Å². The Morgan fingerprint density at radius 3 is 2.62 bits per heavy atom. The third-order valence-electron chi connectivity index (χ3n) is 5.01. The molecule has 0 aliphatic heterocycles. The number of hydrogen-bond donors (Lipinski definition) is 2. The largest absolute Gasteiger partial charge is 0.378 e. The number of carbonyl (C=O) groups excluding carboxylic acids is 1. The van der Waals surface area contributed by atoms with Crippen LogP contribution in [0.3, 0.4) is 0 Å². The fourth-order valence-electron chi connectivity index (χ4n) is 3.28. The third-order valence-corrected chi connectivity index (χ3v) is 6.62. The second-order valence-corrected chi connectivity index (χ2v) is 9.95. The van der Waals surface area contributed by atoms with Gasteiger partial charge < -0.3 is 10.2 Å². The quantitative estimate of drug-likeness (QED) is 0.231. The molecule has 0 aliphatic rings. The van der Waals surface area contributed by atoms with Crippen molar-refractivity contribution in [2.24, 2.45) is 0 Å². The van der Waals surface area contributed by atoms with Crippen LogP contribution < -0.4 is 10.2 Å². The second kappa shape index (κ2) is 11.6. The van der Waals surface area contributed by atoms with Gasteiger partial charge in [0.15, 0.2) is 0 Å². The number of aromatic nitrogens is 3. The standard InChI is InChI=1S/C25H23BrClN5OS/c1-17-3-2-4-21(13-17)28-14-23-29-25(31-30-23)34-16-24(33)32(22-11-7-19(26)8-12-22)15-18-5-9-20(27)10-6-18/h2-13,28H,14-16H2,1H3,(H,29,30,31). The molecule has 1 aromatic heterocycles. The molecule has 3 aromatic carbocycles. The summed E-state index contributed by atoms with van der Waals surface area (Å²) < 4.78 is 0.956. The zero-order valence-electron chi connectivity index (χ0n) is 18.5. The molecule has 4 aromatic rings. The number of nitrogens with one attached hydrogen (secondary N) is 2. The molecule has 1 amide bonds. The molecule has 0 fully saturated rings. The highest BCUT2D eigenvalue weighted by Crippen LogP contribution is 2.23. The summed E-state index contributed by atoms with van der Waals surface area (Å²) in [6.07, 6.45) is 0. The average Bonchev–Trinajstić information content (AvgIpc) is 3.29. The Kier molecular flexibility index (Phi) is 8.26. The van der Waals surface area contributed by atoms with E-state index in [1.165, 1.54) is 17.3 Å². The fraction of sp³-hybridized carbons (Fsp3) is 0.160. The number of amides is 1. The highest BCUT2D eigenvalue weighted by Gasteiger charge is 2.18. The van der Waals surface area contributed by atoms with Crippen LogP contribution in [0.15, 0.2) is 82.4 Å². The number of aryl methyl sites for hydroxylation is 1. The fourth-order valence-corrected chi connectivity index (χ4v) is 4.37. The van der Waals surface area contributed by atoms with Gasteiger partial charge in [-0.05, 0) is 66.6 Å². The van der Waals surface area contributed by atoms with E-state index in [9.17, 15) is 4.79 Å². The van der Waals surface area contributed by atoms with Crippen LogP contribution in [0.4, 0.5) is 11.4 Å². The number of nitrogens with zero attached hydrogens (tertiary/aromatic N) is 3. The van der Waals surface area contributed by atoms with Crippen LogP contribution in [0.25, 0.3) is 0 Å².